The minimum Gasteiger partial charge on any atom is -0.330 e. The summed E-state index contributed by atoms with van der Waals surface area (Å²) in [5.74, 6) is 0.150. The molecular weight excluding hydrogens is 201 g/mol. The monoisotopic (exact) mass is 221 g/mol. The summed E-state index contributed by atoms with van der Waals surface area (Å²) in [6, 6.07) is 3.70. The van der Waals surface area contributed by atoms with Crippen LogP contribution in [0.15, 0.2) is 12.1 Å². The molecule has 16 heavy (non-hydrogen) atoms. The van der Waals surface area contributed by atoms with Crippen LogP contribution in [0.1, 0.15) is 49.3 Å². The first-order chi connectivity index (χ1) is 7.50. The van der Waals surface area contributed by atoms with Crippen LogP contribution in [0, 0.1) is 12.7 Å². The van der Waals surface area contributed by atoms with Gasteiger partial charge in [0.2, 0.25) is 0 Å². The molecule has 0 aliphatic heterocycles. The zero-order valence-corrected chi connectivity index (χ0v) is 10.3. The van der Waals surface area contributed by atoms with E-state index in [1.807, 2.05) is 26.8 Å². The average molecular weight is 221 g/mol. The van der Waals surface area contributed by atoms with Crippen LogP contribution in [0.3, 0.4) is 0 Å². The van der Waals surface area contributed by atoms with E-state index in [0.717, 1.165) is 24.0 Å². The van der Waals surface area contributed by atoms with Gasteiger partial charge >= 0.3 is 0 Å². The number of hydrogen-bond donors (Lipinski definition) is 1. The van der Waals surface area contributed by atoms with E-state index in [1.54, 1.807) is 6.07 Å². The van der Waals surface area contributed by atoms with Gasteiger partial charge in [0.15, 0.2) is 0 Å². The van der Waals surface area contributed by atoms with Crippen LogP contribution in [0.25, 0.3) is 0 Å². The maximum Gasteiger partial charge on any atom is 0.126 e. The first-order valence-electron chi connectivity index (χ1n) is 6.01. The summed E-state index contributed by atoms with van der Waals surface area (Å²) in [4.78, 5) is 0. The van der Waals surface area contributed by atoms with Crippen molar-refractivity contribution in [1.82, 2.24) is 0 Å². The molecule has 0 unspecified atom stereocenters. The molecule has 0 saturated heterocycles. The molecule has 2 heteroatoms. The third-order valence-electron chi connectivity index (χ3n) is 3.78. The number of hydrogen-bond acceptors (Lipinski definition) is 1. The Bertz CT molecular complexity index is 405. The molecule has 1 aliphatic carbocycles. The minimum atomic E-state index is -0.0796. The van der Waals surface area contributed by atoms with Crippen molar-refractivity contribution < 1.29 is 4.39 Å². The summed E-state index contributed by atoms with van der Waals surface area (Å²) in [5, 5.41) is 0. The molecule has 0 bridgehead atoms. The van der Waals surface area contributed by atoms with Gasteiger partial charge in [0.05, 0.1) is 0 Å². The lowest BCUT2D eigenvalue weighted by molar-refractivity contribution is 0.591. The molecule has 1 aromatic carbocycles. The highest BCUT2D eigenvalue weighted by Gasteiger charge is 2.44. The van der Waals surface area contributed by atoms with Crippen molar-refractivity contribution in [3.8, 4) is 0 Å². The Hall–Kier alpha value is -0.890. The molecular formula is C14H20FN. The molecule has 0 radical (unpaired) electrons. The standard InChI is InChI=1S/C14H20FN/c1-9(2)11-7-12(10(3)6-13(11)15)14(8-16)4-5-14/h6-7,9H,4-5,8,16H2,1-3H3. The van der Waals surface area contributed by atoms with Crippen LogP contribution < -0.4 is 5.73 Å². The molecule has 2 rings (SSSR count). The minimum absolute atomic E-state index is 0.0796. The number of rotatable bonds is 3. The molecule has 0 aromatic heterocycles. The number of nitrogens with two attached hydrogens (primary N) is 1. The second-order valence-corrected chi connectivity index (χ2v) is 5.33. The summed E-state index contributed by atoms with van der Waals surface area (Å²) in [6.07, 6.45) is 2.29. The van der Waals surface area contributed by atoms with Crippen LogP contribution >= 0.6 is 0 Å². The topological polar surface area (TPSA) is 26.0 Å². The van der Waals surface area contributed by atoms with Gasteiger partial charge in [0.25, 0.3) is 0 Å². The molecule has 0 spiro atoms. The Balaban J connectivity index is 2.50. The Morgan fingerprint density at radius 3 is 2.44 bits per heavy atom. The lowest BCUT2D eigenvalue weighted by Gasteiger charge is -2.19. The van der Waals surface area contributed by atoms with Crippen LogP contribution in [-0.2, 0) is 5.41 Å². The summed E-state index contributed by atoms with van der Waals surface area (Å²) in [6.45, 7) is 6.72. The predicted octanol–water partition coefficient (Wildman–Crippen LogP) is 3.25. The fourth-order valence-electron chi connectivity index (χ4n) is 2.44. The van der Waals surface area contributed by atoms with Gasteiger partial charge in [0, 0.05) is 12.0 Å². The molecule has 1 nitrogen and oxygen atoms in total. The van der Waals surface area contributed by atoms with E-state index < -0.39 is 0 Å². The van der Waals surface area contributed by atoms with Crippen molar-refractivity contribution in [2.75, 3.05) is 6.54 Å². The molecule has 1 fully saturated rings. The van der Waals surface area contributed by atoms with Crippen molar-refractivity contribution in [2.45, 2.75) is 44.9 Å². The lowest BCUT2D eigenvalue weighted by Crippen LogP contribution is -2.21. The van der Waals surface area contributed by atoms with Gasteiger partial charge in [-0.25, -0.2) is 4.39 Å². The van der Waals surface area contributed by atoms with Crippen molar-refractivity contribution in [3.05, 3.63) is 34.6 Å². The molecule has 0 atom stereocenters. The van der Waals surface area contributed by atoms with Crippen molar-refractivity contribution in [2.24, 2.45) is 5.73 Å². The summed E-state index contributed by atoms with van der Waals surface area (Å²) in [7, 11) is 0. The van der Waals surface area contributed by atoms with Crippen molar-refractivity contribution in [3.63, 3.8) is 0 Å². The van der Waals surface area contributed by atoms with E-state index in [1.165, 1.54) is 5.56 Å². The van der Waals surface area contributed by atoms with Crippen molar-refractivity contribution in [1.29, 1.82) is 0 Å². The van der Waals surface area contributed by atoms with E-state index in [2.05, 4.69) is 0 Å². The predicted molar refractivity (Wildman–Crippen MR) is 65.2 cm³/mol. The average Bonchev–Trinajstić information content (AvgIpc) is 2.98. The van der Waals surface area contributed by atoms with Gasteiger partial charge in [-0.2, -0.15) is 0 Å². The Morgan fingerprint density at radius 1 is 1.38 bits per heavy atom. The van der Waals surface area contributed by atoms with Gasteiger partial charge in [0.1, 0.15) is 5.82 Å². The number of halogens is 1. The van der Waals surface area contributed by atoms with Gasteiger partial charge in [-0.15, -0.1) is 0 Å². The number of benzene rings is 1. The molecule has 2 N–H and O–H groups in total. The largest absolute Gasteiger partial charge is 0.330 e. The van der Waals surface area contributed by atoms with Crippen LogP contribution in [0.5, 0.6) is 0 Å². The van der Waals surface area contributed by atoms with Crippen LogP contribution in [-0.4, -0.2) is 6.54 Å². The number of aryl methyl sites for hydroxylation is 1. The third-order valence-corrected chi connectivity index (χ3v) is 3.78. The quantitative estimate of drug-likeness (QED) is 0.833. The third kappa shape index (κ3) is 1.75. The summed E-state index contributed by atoms with van der Waals surface area (Å²) >= 11 is 0. The molecule has 1 saturated carbocycles. The van der Waals surface area contributed by atoms with E-state index in [9.17, 15) is 4.39 Å². The smallest absolute Gasteiger partial charge is 0.126 e. The molecule has 1 aliphatic rings. The van der Waals surface area contributed by atoms with E-state index in [-0.39, 0.29) is 17.2 Å². The van der Waals surface area contributed by atoms with E-state index in [0.29, 0.717) is 6.54 Å². The molecule has 0 amide bonds. The Morgan fingerprint density at radius 2 is 2.00 bits per heavy atom. The van der Waals surface area contributed by atoms with Gasteiger partial charge in [-0.3, -0.25) is 0 Å². The second-order valence-electron chi connectivity index (χ2n) is 5.33. The first-order valence-corrected chi connectivity index (χ1v) is 6.01. The fourth-order valence-corrected chi connectivity index (χ4v) is 2.44. The molecule has 88 valence electrons. The zero-order valence-electron chi connectivity index (χ0n) is 10.3. The van der Waals surface area contributed by atoms with E-state index in [4.69, 9.17) is 5.73 Å². The SMILES string of the molecule is Cc1cc(F)c(C(C)C)cc1C1(CN)CC1. The van der Waals surface area contributed by atoms with Crippen LogP contribution in [0.2, 0.25) is 0 Å². The maximum atomic E-state index is 13.8. The van der Waals surface area contributed by atoms with Crippen molar-refractivity contribution >= 4 is 0 Å². The fraction of sp³-hybridized carbons (Fsp3) is 0.571. The highest BCUT2D eigenvalue weighted by molar-refractivity contribution is 5.42. The van der Waals surface area contributed by atoms with Gasteiger partial charge < -0.3 is 5.73 Å². The van der Waals surface area contributed by atoms with Gasteiger partial charge in [-0.05, 0) is 48.4 Å². The molecule has 1 aromatic rings. The Labute approximate surface area is 96.9 Å². The lowest BCUT2D eigenvalue weighted by atomic mass is 9.88. The summed E-state index contributed by atoms with van der Waals surface area (Å²) < 4.78 is 13.8. The first kappa shape index (κ1) is 11.6. The molecule has 0 heterocycles. The summed E-state index contributed by atoms with van der Waals surface area (Å²) in [5.41, 5.74) is 9.12. The van der Waals surface area contributed by atoms with Gasteiger partial charge in [-0.1, -0.05) is 19.9 Å². The second kappa shape index (κ2) is 3.85. The maximum absolute atomic E-state index is 13.8. The highest BCUT2D eigenvalue weighted by atomic mass is 19.1. The van der Waals surface area contributed by atoms with E-state index >= 15 is 0 Å². The Kier molecular flexibility index (Phi) is 2.79. The normalized spacial score (nSPS) is 17.9. The van der Waals surface area contributed by atoms with Crippen LogP contribution in [0.4, 0.5) is 4.39 Å². The highest BCUT2D eigenvalue weighted by Crippen LogP contribution is 2.49. The zero-order chi connectivity index (χ0) is 11.9.